The quantitative estimate of drug-likeness (QED) is 0.340. The van der Waals surface area contributed by atoms with Gasteiger partial charge in [0.15, 0.2) is 11.5 Å². The minimum Gasteiger partial charge on any atom is -0.493 e. The van der Waals surface area contributed by atoms with Gasteiger partial charge in [-0.1, -0.05) is 30.3 Å². The molecule has 0 spiro atoms. The number of hydrogen-bond acceptors (Lipinski definition) is 6. The first-order valence-electron chi connectivity index (χ1n) is 8.29. The van der Waals surface area contributed by atoms with Gasteiger partial charge in [0.05, 0.1) is 36.8 Å². The van der Waals surface area contributed by atoms with Crippen molar-refractivity contribution in [1.82, 2.24) is 5.32 Å². The van der Waals surface area contributed by atoms with Crippen molar-refractivity contribution in [2.75, 3.05) is 14.2 Å². The van der Waals surface area contributed by atoms with Crippen molar-refractivity contribution >= 4 is 17.7 Å². The van der Waals surface area contributed by atoms with Crippen LogP contribution in [0.25, 0.3) is 6.08 Å². The molecule has 1 atom stereocenters. The number of nitro groups is 1. The Labute approximate surface area is 162 Å². The summed E-state index contributed by atoms with van der Waals surface area (Å²) >= 11 is 0. The van der Waals surface area contributed by atoms with Gasteiger partial charge in [0, 0.05) is 0 Å². The van der Waals surface area contributed by atoms with Crippen LogP contribution < -0.4 is 14.8 Å². The Kier molecular flexibility index (Phi) is 6.71. The molecule has 0 unspecified atom stereocenters. The molecule has 0 fully saturated rings. The summed E-state index contributed by atoms with van der Waals surface area (Å²) in [4.78, 5) is 23.3. The molecule has 0 aromatic heterocycles. The summed E-state index contributed by atoms with van der Waals surface area (Å²) < 4.78 is 10.2. The Hall–Kier alpha value is -3.86. The minimum atomic E-state index is -0.636. The maximum atomic E-state index is 12.5. The third-order valence-electron chi connectivity index (χ3n) is 4.04. The molecule has 0 bridgehead atoms. The molecular weight excluding hydrogens is 362 g/mol. The molecule has 0 saturated carbocycles. The zero-order valence-corrected chi connectivity index (χ0v) is 15.6. The minimum absolute atomic E-state index is 0.0571. The largest absolute Gasteiger partial charge is 0.493 e. The number of methoxy groups -OCH3 is 2. The van der Waals surface area contributed by atoms with Gasteiger partial charge in [-0.3, -0.25) is 14.9 Å². The van der Waals surface area contributed by atoms with E-state index in [2.05, 4.69) is 5.32 Å². The second-order valence-corrected chi connectivity index (χ2v) is 5.80. The van der Waals surface area contributed by atoms with Crippen molar-refractivity contribution in [2.45, 2.75) is 13.0 Å². The van der Waals surface area contributed by atoms with Gasteiger partial charge in [-0.15, -0.1) is 0 Å². The highest BCUT2D eigenvalue weighted by Gasteiger charge is 2.21. The monoisotopic (exact) mass is 381 g/mol. The van der Waals surface area contributed by atoms with Crippen molar-refractivity contribution in [3.05, 3.63) is 69.3 Å². The molecule has 1 N–H and O–H groups in total. The Morgan fingerprint density at radius 3 is 2.36 bits per heavy atom. The Balaban J connectivity index is 2.39. The first-order chi connectivity index (χ1) is 13.4. The van der Waals surface area contributed by atoms with Crippen molar-refractivity contribution in [3.8, 4) is 17.6 Å². The molecule has 8 nitrogen and oxygen atoms in total. The highest BCUT2D eigenvalue weighted by atomic mass is 16.6. The summed E-state index contributed by atoms with van der Waals surface area (Å²) in [5.41, 5.74) is 0.347. The third-order valence-corrected chi connectivity index (χ3v) is 4.04. The fourth-order valence-corrected chi connectivity index (χ4v) is 2.56. The Bertz CT molecular complexity index is 948. The van der Waals surface area contributed by atoms with Crippen molar-refractivity contribution in [1.29, 1.82) is 5.26 Å². The standard InChI is InChI=1S/C20H19N3O5/c1-13(14-7-5-4-6-8-14)22-20(24)16(12-21)9-15-10-18(27-2)19(28-3)11-17(15)23(25)26/h4-11,13H,1-3H3,(H,22,24)/b16-9+/t13-/m0/s1. The highest BCUT2D eigenvalue weighted by molar-refractivity contribution is 6.02. The van der Waals surface area contributed by atoms with Crippen LogP contribution in [-0.4, -0.2) is 25.1 Å². The number of hydrogen-bond donors (Lipinski definition) is 1. The van der Waals surface area contributed by atoms with E-state index in [1.807, 2.05) is 30.3 Å². The first-order valence-corrected chi connectivity index (χ1v) is 8.29. The third kappa shape index (κ3) is 4.65. The number of ether oxygens (including phenoxy) is 2. The molecule has 0 aliphatic rings. The summed E-state index contributed by atoms with van der Waals surface area (Å²) in [6.07, 6.45) is 1.16. The van der Waals surface area contributed by atoms with Crippen LogP contribution >= 0.6 is 0 Å². The van der Waals surface area contributed by atoms with Gasteiger partial charge in [0.25, 0.3) is 11.6 Å². The number of nitrogens with one attached hydrogen (secondary N) is 1. The van der Waals surface area contributed by atoms with E-state index in [1.165, 1.54) is 26.4 Å². The smallest absolute Gasteiger partial charge is 0.280 e. The van der Waals surface area contributed by atoms with E-state index in [-0.39, 0.29) is 34.4 Å². The maximum Gasteiger partial charge on any atom is 0.280 e. The summed E-state index contributed by atoms with van der Waals surface area (Å²) in [7, 11) is 2.74. The summed E-state index contributed by atoms with van der Waals surface area (Å²) in [6.45, 7) is 1.78. The average Bonchev–Trinajstić information content (AvgIpc) is 2.71. The highest BCUT2D eigenvalue weighted by Crippen LogP contribution is 2.35. The molecule has 0 saturated heterocycles. The van der Waals surface area contributed by atoms with Crippen LogP contribution in [0.3, 0.4) is 0 Å². The molecule has 2 rings (SSSR count). The number of rotatable bonds is 7. The summed E-state index contributed by atoms with van der Waals surface area (Å²) in [5, 5.41) is 23.5. The molecule has 2 aromatic carbocycles. The fraction of sp³-hybridized carbons (Fsp3) is 0.200. The van der Waals surface area contributed by atoms with Gasteiger partial charge in [-0.25, -0.2) is 0 Å². The van der Waals surface area contributed by atoms with Gasteiger partial charge in [0.2, 0.25) is 0 Å². The molecule has 0 aliphatic heterocycles. The SMILES string of the molecule is COc1cc(/C=C(\C#N)C(=O)N[C@@H](C)c2ccccc2)c([N+](=O)[O-])cc1OC. The number of carbonyl (C=O) groups excluding carboxylic acids is 1. The van der Waals surface area contributed by atoms with E-state index in [0.717, 1.165) is 11.6 Å². The topological polar surface area (TPSA) is 114 Å². The molecular formula is C20H19N3O5. The number of nitriles is 1. The lowest BCUT2D eigenvalue weighted by Gasteiger charge is -2.14. The molecule has 2 aromatic rings. The fourth-order valence-electron chi connectivity index (χ4n) is 2.56. The summed E-state index contributed by atoms with van der Waals surface area (Å²) in [5.74, 6) is -0.218. The van der Waals surface area contributed by atoms with E-state index >= 15 is 0 Å². The van der Waals surface area contributed by atoms with Crippen LogP contribution in [0, 0.1) is 21.4 Å². The van der Waals surface area contributed by atoms with E-state index in [4.69, 9.17) is 9.47 Å². The predicted octanol–water partition coefficient (Wildman–Crippen LogP) is 3.40. The first kappa shape index (κ1) is 20.5. The van der Waals surface area contributed by atoms with Gasteiger partial charge in [-0.05, 0) is 24.6 Å². The molecule has 0 radical (unpaired) electrons. The van der Waals surface area contributed by atoms with Crippen molar-refractivity contribution in [2.24, 2.45) is 0 Å². The van der Waals surface area contributed by atoms with Crippen LogP contribution in [0.2, 0.25) is 0 Å². The normalized spacial score (nSPS) is 11.9. The molecule has 144 valence electrons. The van der Waals surface area contributed by atoms with E-state index in [9.17, 15) is 20.2 Å². The number of carbonyl (C=O) groups is 1. The van der Waals surface area contributed by atoms with Crippen LogP contribution in [0.1, 0.15) is 24.1 Å². The lowest BCUT2D eigenvalue weighted by Crippen LogP contribution is -2.27. The number of amides is 1. The molecule has 0 heterocycles. The van der Waals surface area contributed by atoms with E-state index in [1.54, 1.807) is 13.0 Å². The van der Waals surface area contributed by atoms with Gasteiger partial charge in [-0.2, -0.15) is 5.26 Å². The number of nitrogens with zero attached hydrogens (tertiary/aromatic N) is 2. The van der Waals surface area contributed by atoms with Crippen LogP contribution in [0.15, 0.2) is 48.0 Å². The van der Waals surface area contributed by atoms with Gasteiger partial charge >= 0.3 is 0 Å². The van der Waals surface area contributed by atoms with Crippen molar-refractivity contribution < 1.29 is 19.2 Å². The Morgan fingerprint density at radius 1 is 1.21 bits per heavy atom. The average molecular weight is 381 g/mol. The predicted molar refractivity (Wildman–Crippen MR) is 103 cm³/mol. The van der Waals surface area contributed by atoms with Crippen molar-refractivity contribution in [3.63, 3.8) is 0 Å². The number of nitro benzene ring substituents is 1. The number of benzene rings is 2. The zero-order valence-electron chi connectivity index (χ0n) is 15.6. The maximum absolute atomic E-state index is 12.5. The molecule has 0 aliphatic carbocycles. The van der Waals surface area contributed by atoms with E-state index < -0.39 is 10.8 Å². The molecule has 28 heavy (non-hydrogen) atoms. The lowest BCUT2D eigenvalue weighted by atomic mass is 10.1. The van der Waals surface area contributed by atoms with Crippen LogP contribution in [0.4, 0.5) is 5.69 Å². The van der Waals surface area contributed by atoms with Crippen LogP contribution in [-0.2, 0) is 4.79 Å². The van der Waals surface area contributed by atoms with E-state index in [0.29, 0.717) is 0 Å². The van der Waals surface area contributed by atoms with Gasteiger partial charge < -0.3 is 14.8 Å². The Morgan fingerprint density at radius 2 is 1.82 bits per heavy atom. The lowest BCUT2D eigenvalue weighted by molar-refractivity contribution is -0.385. The van der Waals surface area contributed by atoms with Crippen LogP contribution in [0.5, 0.6) is 11.5 Å². The van der Waals surface area contributed by atoms with Gasteiger partial charge in [0.1, 0.15) is 11.6 Å². The zero-order chi connectivity index (χ0) is 20.7. The molecule has 8 heteroatoms. The second kappa shape index (κ2) is 9.19. The summed E-state index contributed by atoms with van der Waals surface area (Å²) in [6, 6.07) is 13.2. The molecule has 1 amide bonds. The second-order valence-electron chi connectivity index (χ2n) is 5.80.